The number of piperidine rings is 1. The Morgan fingerprint density at radius 2 is 1.89 bits per heavy atom. The SMILES string of the molecule is C=CCOc1cccc(C(=O)N2CCC([C@@H](Cc3ccccc3)N(C)C(=O)c3ccoc3C)CC2)c1. The molecular formula is C30H34N2O4. The molecule has 36 heavy (non-hydrogen) atoms. The van der Waals surface area contributed by atoms with E-state index in [4.69, 9.17) is 9.15 Å². The van der Waals surface area contributed by atoms with Crippen molar-refractivity contribution >= 4 is 11.8 Å². The average molecular weight is 487 g/mol. The van der Waals surface area contributed by atoms with E-state index in [-0.39, 0.29) is 23.8 Å². The fourth-order valence-electron chi connectivity index (χ4n) is 4.97. The summed E-state index contributed by atoms with van der Waals surface area (Å²) in [5.41, 5.74) is 2.42. The molecule has 3 aromatic rings. The molecule has 6 nitrogen and oxygen atoms in total. The third-order valence-electron chi connectivity index (χ3n) is 7.01. The van der Waals surface area contributed by atoms with E-state index < -0.39 is 0 Å². The molecule has 1 fully saturated rings. The Balaban J connectivity index is 1.46. The highest BCUT2D eigenvalue weighted by atomic mass is 16.5. The van der Waals surface area contributed by atoms with Gasteiger partial charge in [0, 0.05) is 31.7 Å². The van der Waals surface area contributed by atoms with Crippen LogP contribution in [0.4, 0.5) is 0 Å². The molecular weight excluding hydrogens is 452 g/mol. The predicted octanol–water partition coefficient (Wildman–Crippen LogP) is 5.39. The molecule has 2 aromatic carbocycles. The number of carbonyl (C=O) groups is 2. The van der Waals surface area contributed by atoms with E-state index in [2.05, 4.69) is 18.7 Å². The topological polar surface area (TPSA) is 63.0 Å². The molecule has 1 aliphatic rings. The fourth-order valence-corrected chi connectivity index (χ4v) is 4.97. The van der Waals surface area contributed by atoms with Crippen molar-refractivity contribution < 1.29 is 18.7 Å². The lowest BCUT2D eigenvalue weighted by molar-refractivity contribution is 0.0521. The Kier molecular flexibility index (Phi) is 8.26. The second-order valence-corrected chi connectivity index (χ2v) is 9.32. The maximum atomic E-state index is 13.3. The Labute approximate surface area is 213 Å². The Bertz CT molecular complexity index is 1180. The van der Waals surface area contributed by atoms with Crippen LogP contribution in [0.1, 0.15) is 44.9 Å². The van der Waals surface area contributed by atoms with E-state index in [0.717, 1.165) is 19.3 Å². The molecule has 0 aliphatic carbocycles. The summed E-state index contributed by atoms with van der Waals surface area (Å²) >= 11 is 0. The summed E-state index contributed by atoms with van der Waals surface area (Å²) in [5.74, 6) is 1.54. The van der Waals surface area contributed by atoms with Gasteiger partial charge in [0.1, 0.15) is 18.1 Å². The lowest BCUT2D eigenvalue weighted by Crippen LogP contribution is -2.48. The fraction of sp³-hybridized carbons (Fsp3) is 0.333. The standard InChI is InChI=1S/C30H34N2O4/c1-4-18-36-26-12-8-11-25(21-26)29(33)32-16-13-24(14-17-32)28(20-23-9-6-5-7-10-23)31(3)30(34)27-15-19-35-22(27)2/h4-12,15,19,21,24,28H,1,13-14,16-18,20H2,2-3H3/t28-/m1/s1. The van der Waals surface area contributed by atoms with Gasteiger partial charge in [-0.3, -0.25) is 9.59 Å². The Hall–Kier alpha value is -3.80. The molecule has 0 spiro atoms. The molecule has 0 saturated carbocycles. The molecule has 1 saturated heterocycles. The number of likely N-dealkylation sites (N-methyl/N-ethyl adjacent to an activating group) is 1. The number of benzene rings is 2. The minimum Gasteiger partial charge on any atom is -0.490 e. The Morgan fingerprint density at radius 3 is 2.56 bits per heavy atom. The van der Waals surface area contributed by atoms with Crippen LogP contribution in [0, 0.1) is 12.8 Å². The zero-order valence-corrected chi connectivity index (χ0v) is 21.1. The second kappa shape index (κ2) is 11.8. The lowest BCUT2D eigenvalue weighted by Gasteiger charge is -2.40. The van der Waals surface area contributed by atoms with Crippen molar-refractivity contribution in [3.8, 4) is 5.75 Å². The van der Waals surface area contributed by atoms with Gasteiger partial charge in [-0.05, 0) is 61.9 Å². The molecule has 4 rings (SSSR count). The van der Waals surface area contributed by atoms with Crippen molar-refractivity contribution in [2.24, 2.45) is 5.92 Å². The molecule has 2 heterocycles. The number of nitrogens with zero attached hydrogens (tertiary/aromatic N) is 2. The van der Waals surface area contributed by atoms with Gasteiger partial charge < -0.3 is 19.0 Å². The van der Waals surface area contributed by atoms with Crippen LogP contribution in [-0.2, 0) is 6.42 Å². The number of carbonyl (C=O) groups excluding carboxylic acids is 2. The first-order valence-electron chi connectivity index (χ1n) is 12.5. The normalized spacial score (nSPS) is 14.8. The van der Waals surface area contributed by atoms with Crippen molar-refractivity contribution in [2.45, 2.75) is 32.2 Å². The summed E-state index contributed by atoms with van der Waals surface area (Å²) in [7, 11) is 1.88. The minimum absolute atomic E-state index is 0.00978. The predicted molar refractivity (Wildman–Crippen MR) is 140 cm³/mol. The van der Waals surface area contributed by atoms with Gasteiger partial charge in [0.05, 0.1) is 11.8 Å². The summed E-state index contributed by atoms with van der Waals surface area (Å²) in [6.45, 7) is 7.18. The zero-order chi connectivity index (χ0) is 25.5. The van der Waals surface area contributed by atoms with Gasteiger partial charge in [-0.2, -0.15) is 0 Å². The largest absolute Gasteiger partial charge is 0.490 e. The first kappa shape index (κ1) is 25.3. The van der Waals surface area contributed by atoms with E-state index in [1.807, 2.05) is 60.2 Å². The van der Waals surface area contributed by atoms with E-state index in [0.29, 0.717) is 42.3 Å². The van der Waals surface area contributed by atoms with Crippen LogP contribution in [0.3, 0.4) is 0 Å². The van der Waals surface area contributed by atoms with Crippen LogP contribution in [0.2, 0.25) is 0 Å². The average Bonchev–Trinajstić information content (AvgIpc) is 3.36. The number of hydrogen-bond acceptors (Lipinski definition) is 4. The van der Waals surface area contributed by atoms with E-state index in [1.54, 1.807) is 24.5 Å². The maximum absolute atomic E-state index is 13.3. The smallest absolute Gasteiger partial charge is 0.257 e. The molecule has 2 amide bonds. The number of ether oxygens (including phenoxy) is 1. The monoisotopic (exact) mass is 486 g/mol. The first-order valence-corrected chi connectivity index (χ1v) is 12.5. The highest BCUT2D eigenvalue weighted by Crippen LogP contribution is 2.29. The van der Waals surface area contributed by atoms with E-state index in [9.17, 15) is 9.59 Å². The van der Waals surface area contributed by atoms with Gasteiger partial charge in [-0.25, -0.2) is 0 Å². The van der Waals surface area contributed by atoms with Gasteiger partial charge in [-0.1, -0.05) is 49.1 Å². The quantitative estimate of drug-likeness (QED) is 0.381. The highest BCUT2D eigenvalue weighted by Gasteiger charge is 2.34. The first-order chi connectivity index (χ1) is 17.5. The maximum Gasteiger partial charge on any atom is 0.257 e. The van der Waals surface area contributed by atoms with Crippen LogP contribution < -0.4 is 4.74 Å². The summed E-state index contributed by atoms with van der Waals surface area (Å²) in [6, 6.07) is 19.3. The van der Waals surface area contributed by atoms with Crippen molar-refractivity contribution in [3.05, 3.63) is 102 Å². The third-order valence-corrected chi connectivity index (χ3v) is 7.01. The number of furan rings is 1. The van der Waals surface area contributed by atoms with Gasteiger partial charge >= 0.3 is 0 Å². The molecule has 0 bridgehead atoms. The molecule has 1 atom stereocenters. The zero-order valence-electron chi connectivity index (χ0n) is 21.1. The number of aryl methyl sites for hydroxylation is 1. The van der Waals surface area contributed by atoms with Crippen molar-refractivity contribution in [2.75, 3.05) is 26.7 Å². The minimum atomic E-state index is -0.0305. The number of likely N-dealkylation sites (tertiary alicyclic amines) is 1. The van der Waals surface area contributed by atoms with Crippen molar-refractivity contribution in [1.82, 2.24) is 9.80 Å². The van der Waals surface area contributed by atoms with Crippen molar-refractivity contribution in [1.29, 1.82) is 0 Å². The van der Waals surface area contributed by atoms with Gasteiger partial charge in [0.2, 0.25) is 0 Å². The van der Waals surface area contributed by atoms with Crippen LogP contribution in [0.5, 0.6) is 5.75 Å². The highest BCUT2D eigenvalue weighted by molar-refractivity contribution is 5.95. The van der Waals surface area contributed by atoms with Gasteiger partial charge in [0.15, 0.2) is 0 Å². The van der Waals surface area contributed by atoms with Crippen LogP contribution in [0.15, 0.2) is 84.0 Å². The number of amides is 2. The Morgan fingerprint density at radius 1 is 1.14 bits per heavy atom. The summed E-state index contributed by atoms with van der Waals surface area (Å²) < 4.78 is 11.0. The lowest BCUT2D eigenvalue weighted by atomic mass is 9.84. The second-order valence-electron chi connectivity index (χ2n) is 9.32. The number of rotatable bonds is 9. The summed E-state index contributed by atoms with van der Waals surface area (Å²) in [6.07, 6.45) is 5.67. The van der Waals surface area contributed by atoms with Crippen LogP contribution >= 0.6 is 0 Å². The van der Waals surface area contributed by atoms with Gasteiger partial charge in [-0.15, -0.1) is 0 Å². The van der Waals surface area contributed by atoms with Gasteiger partial charge in [0.25, 0.3) is 11.8 Å². The molecule has 6 heteroatoms. The van der Waals surface area contributed by atoms with E-state index in [1.165, 1.54) is 5.56 Å². The summed E-state index contributed by atoms with van der Waals surface area (Å²) in [5, 5.41) is 0. The third kappa shape index (κ3) is 5.88. The molecule has 0 unspecified atom stereocenters. The molecule has 188 valence electrons. The van der Waals surface area contributed by atoms with Crippen molar-refractivity contribution in [3.63, 3.8) is 0 Å². The van der Waals surface area contributed by atoms with Crippen LogP contribution in [0.25, 0.3) is 0 Å². The molecule has 1 aromatic heterocycles. The van der Waals surface area contributed by atoms with Crippen LogP contribution in [-0.4, -0.2) is 54.4 Å². The summed E-state index contributed by atoms with van der Waals surface area (Å²) in [4.78, 5) is 30.3. The number of hydrogen-bond donors (Lipinski definition) is 0. The molecule has 0 radical (unpaired) electrons. The van der Waals surface area contributed by atoms with E-state index >= 15 is 0 Å². The molecule has 1 aliphatic heterocycles. The molecule has 0 N–H and O–H groups in total.